The van der Waals surface area contributed by atoms with Crippen LogP contribution in [0.5, 0.6) is 0 Å². The Morgan fingerprint density at radius 2 is 1.69 bits per heavy atom. The third-order valence-corrected chi connectivity index (χ3v) is 10.7. The number of nitrogens with zero attached hydrogens (tertiary/aromatic N) is 4. The molecule has 0 spiro atoms. The van der Waals surface area contributed by atoms with Gasteiger partial charge in [0.05, 0.1) is 22.0 Å². The molecule has 0 unspecified atom stereocenters. The van der Waals surface area contributed by atoms with Gasteiger partial charge in [0.15, 0.2) is 0 Å². The molecule has 10 heteroatoms. The number of para-hydroxylation sites is 1. The second kappa shape index (κ2) is 12.0. The van der Waals surface area contributed by atoms with E-state index in [9.17, 15) is 13.2 Å². The van der Waals surface area contributed by atoms with Crippen LogP contribution in [0.3, 0.4) is 0 Å². The van der Waals surface area contributed by atoms with Crippen LogP contribution in [0.25, 0.3) is 23.0 Å². The lowest BCUT2D eigenvalue weighted by Gasteiger charge is -2.26. The van der Waals surface area contributed by atoms with E-state index in [2.05, 4.69) is 0 Å². The number of carbonyl (C=O) groups is 1. The molecule has 0 aliphatic carbocycles. The summed E-state index contributed by atoms with van der Waals surface area (Å²) in [6.45, 7) is 3.49. The molecule has 0 radical (unpaired) electrons. The van der Waals surface area contributed by atoms with E-state index in [0.717, 1.165) is 36.1 Å². The molecule has 2 fully saturated rings. The Labute approximate surface area is 255 Å². The smallest absolute Gasteiger partial charge is 0.266 e. The number of thioether (sulfide) groups is 1. The minimum Gasteiger partial charge on any atom is -0.288 e. The van der Waals surface area contributed by atoms with Gasteiger partial charge in [0.1, 0.15) is 10.0 Å². The molecule has 0 N–H and O–H groups in total. The van der Waals surface area contributed by atoms with Gasteiger partial charge in [-0.25, -0.2) is 13.1 Å². The second-order valence-corrected chi connectivity index (χ2v) is 14.1. The van der Waals surface area contributed by atoms with Crippen LogP contribution in [0.4, 0.5) is 0 Å². The molecule has 3 heterocycles. The van der Waals surface area contributed by atoms with E-state index in [4.69, 9.17) is 17.3 Å². The summed E-state index contributed by atoms with van der Waals surface area (Å²) in [6.07, 6.45) is 6.45. The summed E-state index contributed by atoms with van der Waals surface area (Å²) < 4.78 is 30.7. The van der Waals surface area contributed by atoms with Crippen molar-refractivity contribution < 1.29 is 13.2 Å². The molecule has 1 aromatic heterocycles. The highest BCUT2D eigenvalue weighted by Crippen LogP contribution is 2.36. The molecule has 214 valence electrons. The average molecular weight is 615 g/mol. The molecular formula is C32H30N4O3S3. The van der Waals surface area contributed by atoms with Crippen molar-refractivity contribution in [1.82, 2.24) is 19.0 Å². The van der Waals surface area contributed by atoms with Gasteiger partial charge < -0.3 is 0 Å². The summed E-state index contributed by atoms with van der Waals surface area (Å²) in [6, 6.07) is 24.6. The Bertz CT molecular complexity index is 1780. The largest absolute Gasteiger partial charge is 0.288 e. The molecule has 0 atom stereocenters. The lowest BCUT2D eigenvalue weighted by Crippen LogP contribution is -2.35. The molecule has 2 saturated heterocycles. The predicted molar refractivity (Wildman–Crippen MR) is 172 cm³/mol. The molecule has 42 heavy (non-hydrogen) atoms. The molecule has 6 rings (SSSR count). The van der Waals surface area contributed by atoms with Crippen LogP contribution in [0.15, 0.2) is 94.9 Å². The number of aromatic nitrogens is 2. The molecule has 2 aliphatic rings. The van der Waals surface area contributed by atoms with Crippen molar-refractivity contribution in [2.45, 2.75) is 37.6 Å². The highest BCUT2D eigenvalue weighted by atomic mass is 32.2. The van der Waals surface area contributed by atoms with Crippen LogP contribution in [0, 0.1) is 6.92 Å². The predicted octanol–water partition coefficient (Wildman–Crippen LogP) is 6.42. The second-order valence-electron chi connectivity index (χ2n) is 10.5. The third kappa shape index (κ3) is 5.85. The van der Waals surface area contributed by atoms with Crippen molar-refractivity contribution in [3.05, 3.63) is 107 Å². The number of thiocarbonyl (C=S) groups is 1. The maximum absolute atomic E-state index is 13.5. The Morgan fingerprint density at radius 1 is 0.952 bits per heavy atom. The highest BCUT2D eigenvalue weighted by molar-refractivity contribution is 8.26. The monoisotopic (exact) mass is 614 g/mol. The van der Waals surface area contributed by atoms with Crippen LogP contribution in [-0.2, 0) is 21.4 Å². The minimum absolute atomic E-state index is 0.162. The van der Waals surface area contributed by atoms with Gasteiger partial charge in [0, 0.05) is 30.4 Å². The standard InChI is InChI=1S/C32H30N4O3S3/c1-23-13-15-24(16-14-23)21-35-31(37)29(41-32(35)40)20-26-22-36(27-10-4-2-5-11-27)33-30(26)25-9-8-12-28(19-25)42(38,39)34-17-6-3-7-18-34/h2,4-5,8-16,19-20,22H,3,6-7,17-18,21H2,1H3. The van der Waals surface area contributed by atoms with Gasteiger partial charge in [-0.05, 0) is 55.7 Å². The van der Waals surface area contributed by atoms with Crippen molar-refractivity contribution in [2.75, 3.05) is 13.1 Å². The first kappa shape index (κ1) is 28.5. The van der Waals surface area contributed by atoms with Crippen molar-refractivity contribution in [3.63, 3.8) is 0 Å². The fraction of sp³-hybridized carbons (Fsp3) is 0.219. The van der Waals surface area contributed by atoms with E-state index < -0.39 is 10.0 Å². The Balaban J connectivity index is 1.38. The average Bonchev–Trinajstić information content (AvgIpc) is 3.55. The number of benzene rings is 3. The molecule has 0 saturated carbocycles. The van der Waals surface area contributed by atoms with Gasteiger partial charge in [0.2, 0.25) is 10.0 Å². The number of aryl methyl sites for hydroxylation is 1. The van der Waals surface area contributed by atoms with Crippen molar-refractivity contribution in [3.8, 4) is 16.9 Å². The maximum atomic E-state index is 13.5. The lowest BCUT2D eigenvalue weighted by molar-refractivity contribution is -0.122. The summed E-state index contributed by atoms with van der Waals surface area (Å²) >= 11 is 6.86. The Kier molecular flexibility index (Phi) is 8.13. The van der Waals surface area contributed by atoms with Gasteiger partial charge in [0.25, 0.3) is 5.91 Å². The highest BCUT2D eigenvalue weighted by Gasteiger charge is 2.33. The molecule has 3 aromatic carbocycles. The number of carbonyl (C=O) groups excluding carboxylic acids is 1. The first-order chi connectivity index (χ1) is 20.3. The van der Waals surface area contributed by atoms with E-state index in [1.54, 1.807) is 32.1 Å². The van der Waals surface area contributed by atoms with Crippen molar-refractivity contribution in [1.29, 1.82) is 0 Å². The first-order valence-electron chi connectivity index (χ1n) is 13.9. The summed E-state index contributed by atoms with van der Waals surface area (Å²) in [4.78, 5) is 15.9. The summed E-state index contributed by atoms with van der Waals surface area (Å²) in [7, 11) is -3.63. The van der Waals surface area contributed by atoms with E-state index >= 15 is 0 Å². The molecular weight excluding hydrogens is 585 g/mol. The van der Waals surface area contributed by atoms with E-state index in [-0.39, 0.29) is 10.8 Å². The van der Waals surface area contributed by atoms with Crippen molar-refractivity contribution >= 4 is 50.3 Å². The van der Waals surface area contributed by atoms with Gasteiger partial charge in [-0.2, -0.15) is 9.40 Å². The zero-order chi connectivity index (χ0) is 29.3. The van der Waals surface area contributed by atoms with Crippen LogP contribution in [0.2, 0.25) is 0 Å². The fourth-order valence-electron chi connectivity index (χ4n) is 5.14. The minimum atomic E-state index is -3.63. The number of rotatable bonds is 7. The Hall–Kier alpha value is -3.57. The summed E-state index contributed by atoms with van der Waals surface area (Å²) in [5.74, 6) is -0.162. The van der Waals surface area contributed by atoms with Crippen molar-refractivity contribution in [2.24, 2.45) is 0 Å². The van der Waals surface area contributed by atoms with Crippen LogP contribution in [-0.4, -0.2) is 50.7 Å². The van der Waals surface area contributed by atoms with E-state index in [1.165, 1.54) is 11.8 Å². The fourth-order valence-corrected chi connectivity index (χ4v) is 7.95. The zero-order valence-corrected chi connectivity index (χ0v) is 25.6. The quantitative estimate of drug-likeness (QED) is 0.177. The normalized spacial score (nSPS) is 17.4. The third-order valence-electron chi connectivity index (χ3n) is 7.45. The molecule has 7 nitrogen and oxygen atoms in total. The Morgan fingerprint density at radius 3 is 2.43 bits per heavy atom. The van der Waals surface area contributed by atoms with Gasteiger partial charge in [-0.3, -0.25) is 9.69 Å². The van der Waals surface area contributed by atoms with Crippen LogP contribution >= 0.6 is 24.0 Å². The van der Waals surface area contributed by atoms with Gasteiger partial charge in [-0.15, -0.1) is 0 Å². The molecule has 4 aromatic rings. The first-order valence-corrected chi connectivity index (χ1v) is 16.5. The van der Waals surface area contributed by atoms with Crippen LogP contribution < -0.4 is 0 Å². The molecule has 2 aliphatic heterocycles. The van der Waals surface area contributed by atoms with E-state index in [1.807, 2.05) is 79.9 Å². The SMILES string of the molecule is Cc1ccc(CN2C(=O)C(=Cc3cn(-c4ccccc4)nc3-c3cccc(S(=O)(=O)N4CCCCC4)c3)SC2=S)cc1. The number of hydrogen-bond donors (Lipinski definition) is 0. The molecule has 1 amide bonds. The number of piperidine rings is 1. The van der Waals surface area contributed by atoms with Gasteiger partial charge in [-0.1, -0.05) is 90.6 Å². The summed E-state index contributed by atoms with van der Waals surface area (Å²) in [5, 5.41) is 4.86. The maximum Gasteiger partial charge on any atom is 0.266 e. The number of sulfonamides is 1. The number of amides is 1. The topological polar surface area (TPSA) is 75.5 Å². The van der Waals surface area contributed by atoms with Gasteiger partial charge >= 0.3 is 0 Å². The van der Waals surface area contributed by atoms with E-state index in [0.29, 0.717) is 45.7 Å². The zero-order valence-electron chi connectivity index (χ0n) is 23.1. The lowest BCUT2D eigenvalue weighted by atomic mass is 10.1. The summed E-state index contributed by atoms with van der Waals surface area (Å²) in [5.41, 5.74) is 4.94. The number of hydrogen-bond acceptors (Lipinski definition) is 6. The molecule has 0 bridgehead atoms. The van der Waals surface area contributed by atoms with Crippen LogP contribution in [0.1, 0.15) is 36.0 Å².